The van der Waals surface area contributed by atoms with Crippen molar-refractivity contribution in [3.8, 4) is 22.5 Å². The lowest BCUT2D eigenvalue weighted by atomic mass is 9.79. The summed E-state index contributed by atoms with van der Waals surface area (Å²) in [7, 11) is 0. The molecule has 0 unspecified atom stereocenters. The zero-order valence-corrected chi connectivity index (χ0v) is 18.5. The van der Waals surface area contributed by atoms with Crippen LogP contribution in [0, 0.1) is 12.5 Å². The Morgan fingerprint density at radius 3 is 2.52 bits per heavy atom. The van der Waals surface area contributed by atoms with Crippen LogP contribution in [0.4, 0.5) is 11.5 Å². The summed E-state index contributed by atoms with van der Waals surface area (Å²) in [6, 6.07) is 20.7. The van der Waals surface area contributed by atoms with Crippen molar-refractivity contribution in [2.45, 2.75) is 25.3 Å². The molecule has 0 atom stereocenters. The molecule has 1 saturated carbocycles. The third-order valence-electron chi connectivity index (χ3n) is 7.09. The fraction of sp³-hybridized carbons (Fsp3) is 0.296. The number of likely N-dealkylation sites (tertiary alicyclic amines) is 1. The van der Waals surface area contributed by atoms with E-state index in [1.807, 2.05) is 47.1 Å². The highest BCUT2D eigenvalue weighted by molar-refractivity contribution is 5.90. The van der Waals surface area contributed by atoms with E-state index < -0.39 is 0 Å². The highest BCUT2D eigenvalue weighted by Gasteiger charge is 2.35. The van der Waals surface area contributed by atoms with E-state index in [2.05, 4.69) is 27.9 Å². The largest absolute Gasteiger partial charge is 0.393 e. The maximum absolute atomic E-state index is 7.75. The van der Waals surface area contributed by atoms with Gasteiger partial charge in [-0.25, -0.2) is 9.83 Å². The van der Waals surface area contributed by atoms with Crippen molar-refractivity contribution in [1.29, 1.82) is 0 Å². The number of rotatable bonds is 5. The van der Waals surface area contributed by atoms with Crippen LogP contribution in [0.5, 0.6) is 0 Å². The molecule has 0 radical (unpaired) electrons. The van der Waals surface area contributed by atoms with E-state index in [0.29, 0.717) is 23.1 Å². The molecular formula is C27H26N6. The Kier molecular flexibility index (Phi) is 4.85. The summed E-state index contributed by atoms with van der Waals surface area (Å²) >= 11 is 0. The second kappa shape index (κ2) is 8.02. The minimum Gasteiger partial charge on any atom is -0.393 e. The third-order valence-corrected chi connectivity index (χ3v) is 7.09. The second-order valence-corrected chi connectivity index (χ2v) is 9.25. The van der Waals surface area contributed by atoms with Crippen molar-refractivity contribution in [3.63, 3.8) is 0 Å². The van der Waals surface area contributed by atoms with Crippen LogP contribution in [0.2, 0.25) is 0 Å². The lowest BCUT2D eigenvalue weighted by Gasteiger charge is -2.41. The van der Waals surface area contributed by atoms with Crippen LogP contribution in [0.15, 0.2) is 60.7 Å². The predicted octanol–water partition coefficient (Wildman–Crippen LogP) is 5.56. The molecule has 0 amide bonds. The van der Waals surface area contributed by atoms with E-state index in [4.69, 9.17) is 22.4 Å². The molecule has 2 aromatic carbocycles. The van der Waals surface area contributed by atoms with Gasteiger partial charge in [0, 0.05) is 17.5 Å². The van der Waals surface area contributed by atoms with Gasteiger partial charge in [0.1, 0.15) is 11.5 Å². The van der Waals surface area contributed by atoms with Gasteiger partial charge in [-0.15, -0.1) is 0 Å². The van der Waals surface area contributed by atoms with Gasteiger partial charge in [-0.05, 0) is 56.0 Å². The molecule has 4 aromatic rings. The molecule has 6 heteroatoms. The van der Waals surface area contributed by atoms with Crippen LogP contribution < -0.4 is 5.73 Å². The fourth-order valence-corrected chi connectivity index (χ4v) is 5.03. The average Bonchev–Trinajstić information content (AvgIpc) is 3.12. The first-order chi connectivity index (χ1) is 16.2. The van der Waals surface area contributed by atoms with Crippen LogP contribution in [0.25, 0.3) is 38.3 Å². The van der Waals surface area contributed by atoms with E-state index in [1.165, 1.54) is 26.1 Å². The number of nitrogens with two attached hydrogens (primary N) is 1. The number of hydrogen-bond acceptors (Lipinski definition) is 4. The summed E-state index contributed by atoms with van der Waals surface area (Å²) in [6.45, 7) is 11.4. The Labute approximate surface area is 193 Å². The highest BCUT2D eigenvalue weighted by atomic mass is 15.3. The van der Waals surface area contributed by atoms with Crippen LogP contribution >= 0.6 is 0 Å². The number of aromatic nitrogens is 3. The highest BCUT2D eigenvalue weighted by Crippen LogP contribution is 2.44. The SMILES string of the molecule is [C-]#[N+]c1c(-c2ccc3ccc(-c4ccccc4)nc3c2)nn(C2CC(CN3CCC3)C2)c1N. The first-order valence-corrected chi connectivity index (χ1v) is 11.6. The van der Waals surface area contributed by atoms with E-state index in [1.54, 1.807) is 0 Å². The lowest BCUT2D eigenvalue weighted by molar-refractivity contribution is 0.0874. The van der Waals surface area contributed by atoms with Crippen molar-refractivity contribution in [2.75, 3.05) is 25.4 Å². The zero-order valence-electron chi connectivity index (χ0n) is 18.5. The third kappa shape index (κ3) is 3.55. The minimum atomic E-state index is 0.286. The Hall–Kier alpha value is -3.69. The average molecular weight is 435 g/mol. The molecule has 2 N–H and O–H groups in total. The molecule has 164 valence electrons. The molecule has 0 spiro atoms. The summed E-state index contributed by atoms with van der Waals surface area (Å²) in [5.41, 5.74) is 11.3. The van der Waals surface area contributed by atoms with Crippen molar-refractivity contribution in [2.24, 2.45) is 5.92 Å². The van der Waals surface area contributed by atoms with Crippen LogP contribution in [-0.4, -0.2) is 39.3 Å². The lowest BCUT2D eigenvalue weighted by Crippen LogP contribution is -2.44. The maximum atomic E-state index is 7.75. The number of benzene rings is 2. The topological polar surface area (TPSA) is 64.3 Å². The number of pyridine rings is 1. The van der Waals surface area contributed by atoms with Gasteiger partial charge in [0.25, 0.3) is 5.69 Å². The molecule has 2 fully saturated rings. The van der Waals surface area contributed by atoms with E-state index in [9.17, 15) is 0 Å². The molecule has 6 nitrogen and oxygen atoms in total. The van der Waals surface area contributed by atoms with Crippen molar-refractivity contribution >= 4 is 22.4 Å². The van der Waals surface area contributed by atoms with E-state index >= 15 is 0 Å². The monoisotopic (exact) mass is 434 g/mol. The molecule has 6 rings (SSSR count). The van der Waals surface area contributed by atoms with Crippen molar-refractivity contribution in [1.82, 2.24) is 19.7 Å². The van der Waals surface area contributed by atoms with Crippen LogP contribution in [-0.2, 0) is 0 Å². The number of nitrogens with zero attached hydrogens (tertiary/aromatic N) is 5. The fourth-order valence-electron chi connectivity index (χ4n) is 5.03. The predicted molar refractivity (Wildman–Crippen MR) is 132 cm³/mol. The summed E-state index contributed by atoms with van der Waals surface area (Å²) in [5, 5.41) is 5.90. The normalized spacial score (nSPS) is 20.2. The molecule has 1 saturated heterocycles. The summed E-state index contributed by atoms with van der Waals surface area (Å²) in [6.07, 6.45) is 3.49. The standard InChI is InChI=1S/C27H26N6/c1-29-26-25(31-33(27(26)28)22-14-18(15-22)17-32-12-5-13-32)21-9-8-20-10-11-23(30-24(20)16-21)19-6-3-2-4-7-19/h2-4,6-11,16,18,22H,5,12-15,17,28H2. The first kappa shape index (κ1) is 20.0. The smallest absolute Gasteiger partial charge is 0.254 e. The van der Waals surface area contributed by atoms with Gasteiger partial charge >= 0.3 is 0 Å². The molecule has 2 aromatic heterocycles. The van der Waals surface area contributed by atoms with Gasteiger partial charge in [-0.2, -0.15) is 5.10 Å². The summed E-state index contributed by atoms with van der Waals surface area (Å²) in [5.74, 6) is 1.19. The zero-order chi connectivity index (χ0) is 22.4. The number of anilines is 1. The number of fused-ring (bicyclic) bond motifs is 1. The number of nitrogen functional groups attached to an aromatic ring is 1. The van der Waals surface area contributed by atoms with E-state index in [-0.39, 0.29) is 6.04 Å². The molecule has 0 bridgehead atoms. The molecular weight excluding hydrogens is 408 g/mol. The quantitative estimate of drug-likeness (QED) is 0.418. The second-order valence-electron chi connectivity index (χ2n) is 9.25. The summed E-state index contributed by atoms with van der Waals surface area (Å²) < 4.78 is 1.90. The van der Waals surface area contributed by atoms with Gasteiger partial charge in [0.2, 0.25) is 0 Å². The molecule has 1 aliphatic carbocycles. The van der Waals surface area contributed by atoms with Gasteiger partial charge in [-0.1, -0.05) is 48.5 Å². The Morgan fingerprint density at radius 1 is 1.00 bits per heavy atom. The molecule has 33 heavy (non-hydrogen) atoms. The first-order valence-electron chi connectivity index (χ1n) is 11.6. The van der Waals surface area contributed by atoms with Gasteiger partial charge in [0.15, 0.2) is 0 Å². The van der Waals surface area contributed by atoms with Gasteiger partial charge in [0.05, 0.1) is 23.8 Å². The van der Waals surface area contributed by atoms with Crippen LogP contribution in [0.1, 0.15) is 25.3 Å². The number of hydrogen-bond donors (Lipinski definition) is 1. The van der Waals surface area contributed by atoms with Crippen molar-refractivity contribution < 1.29 is 0 Å². The Morgan fingerprint density at radius 2 is 1.79 bits per heavy atom. The molecule has 1 aliphatic heterocycles. The van der Waals surface area contributed by atoms with Gasteiger partial charge in [-0.3, -0.25) is 4.68 Å². The Bertz CT molecular complexity index is 1360. The van der Waals surface area contributed by atoms with Gasteiger partial charge < -0.3 is 10.6 Å². The van der Waals surface area contributed by atoms with Crippen LogP contribution in [0.3, 0.4) is 0 Å². The van der Waals surface area contributed by atoms with E-state index in [0.717, 1.165) is 40.6 Å². The molecule has 2 aliphatic rings. The maximum Gasteiger partial charge on any atom is 0.254 e. The molecule has 3 heterocycles. The van der Waals surface area contributed by atoms with Crippen molar-refractivity contribution in [3.05, 3.63) is 72.1 Å². The summed E-state index contributed by atoms with van der Waals surface area (Å²) in [4.78, 5) is 11.2. The Balaban J connectivity index is 1.31. The minimum absolute atomic E-state index is 0.286.